The summed E-state index contributed by atoms with van der Waals surface area (Å²) in [6.45, 7) is 10.7. The van der Waals surface area contributed by atoms with Crippen LogP contribution in [0.5, 0.6) is 5.75 Å². The van der Waals surface area contributed by atoms with Crippen molar-refractivity contribution in [2.75, 3.05) is 5.32 Å². The third kappa shape index (κ3) is 8.84. The van der Waals surface area contributed by atoms with Crippen molar-refractivity contribution in [3.8, 4) is 5.75 Å². The van der Waals surface area contributed by atoms with E-state index < -0.39 is 11.8 Å². The number of carboxylic acid groups (broad SMARTS) is 1. The van der Waals surface area contributed by atoms with E-state index in [4.69, 9.17) is 5.11 Å². The molecular weight excluding hydrogens is 454 g/mol. The van der Waals surface area contributed by atoms with Crippen molar-refractivity contribution in [2.24, 2.45) is 5.41 Å². The summed E-state index contributed by atoms with van der Waals surface area (Å²) in [5.41, 5.74) is 5.82. The number of phenols is 1. The minimum absolute atomic E-state index is 0.0323. The Balaban J connectivity index is 2.03. The van der Waals surface area contributed by atoms with Crippen LogP contribution in [-0.4, -0.2) is 27.9 Å². The van der Waals surface area contributed by atoms with Crippen LogP contribution in [0, 0.1) is 5.41 Å². The van der Waals surface area contributed by atoms with Crippen LogP contribution in [0.15, 0.2) is 76.9 Å². The number of carboxylic acids is 1. The highest BCUT2D eigenvalue weighted by atomic mass is 16.4. The summed E-state index contributed by atoms with van der Waals surface area (Å²) in [6.07, 6.45) is 15.0. The number of phenolic OH excluding ortho intramolecular Hbond substituents is 1. The summed E-state index contributed by atoms with van der Waals surface area (Å²) >= 11 is 0. The highest BCUT2D eigenvalue weighted by Crippen LogP contribution is 2.40. The van der Waals surface area contributed by atoms with Crippen molar-refractivity contribution in [3.63, 3.8) is 0 Å². The van der Waals surface area contributed by atoms with E-state index in [9.17, 15) is 19.5 Å². The first-order chi connectivity index (χ1) is 16.9. The van der Waals surface area contributed by atoms with Crippen LogP contribution < -0.4 is 5.32 Å². The molecule has 0 aromatic heterocycles. The summed E-state index contributed by atoms with van der Waals surface area (Å²) in [6, 6.07) is 4.35. The van der Waals surface area contributed by atoms with Gasteiger partial charge in [0.1, 0.15) is 5.75 Å². The Morgan fingerprint density at radius 1 is 1.11 bits per heavy atom. The molecule has 3 N–H and O–H groups in total. The highest BCUT2D eigenvalue weighted by molar-refractivity contribution is 6.32. The van der Waals surface area contributed by atoms with Gasteiger partial charge in [0.25, 0.3) is 0 Å². The average molecular weight is 492 g/mol. The lowest BCUT2D eigenvalue weighted by molar-refractivity contribution is -0.149. The quantitative estimate of drug-likeness (QED) is 0.151. The van der Waals surface area contributed by atoms with E-state index >= 15 is 0 Å². The standard InChI is InChI=1S/C30H37NO5/c1-20(11-14-25-22(3)10-7-17-30(25,4)5)8-6-9-21(2)18-28(34)31-26-15-13-24(32)19-23(26)12-16-27(33)29(35)36/h6,8-9,11,13-15,18-19,32H,7,10,12,16-17H2,1-5H3,(H,31,34)(H,35,36)/b9-6+,14-11+,20-8+,21-18+. The van der Waals surface area contributed by atoms with E-state index in [1.807, 2.05) is 32.1 Å². The van der Waals surface area contributed by atoms with Gasteiger partial charge < -0.3 is 15.5 Å². The van der Waals surface area contributed by atoms with Crippen LogP contribution in [-0.2, 0) is 20.8 Å². The lowest BCUT2D eigenvalue weighted by Gasteiger charge is -2.32. The molecule has 0 unspecified atom stereocenters. The molecule has 0 saturated heterocycles. The average Bonchev–Trinajstić information content (AvgIpc) is 2.78. The summed E-state index contributed by atoms with van der Waals surface area (Å²) in [4.78, 5) is 34.7. The number of aliphatic carboxylic acids is 1. The molecule has 1 amide bonds. The van der Waals surface area contributed by atoms with Crippen LogP contribution in [0.4, 0.5) is 5.69 Å². The van der Waals surface area contributed by atoms with Gasteiger partial charge in [-0.3, -0.25) is 9.59 Å². The molecule has 1 aliphatic carbocycles. The number of anilines is 1. The van der Waals surface area contributed by atoms with Gasteiger partial charge in [0, 0.05) is 18.2 Å². The second-order valence-corrected chi connectivity index (χ2v) is 9.98. The number of hydrogen-bond acceptors (Lipinski definition) is 4. The van der Waals surface area contributed by atoms with Crippen molar-refractivity contribution in [1.29, 1.82) is 0 Å². The molecule has 0 heterocycles. The monoisotopic (exact) mass is 491 g/mol. The Hall–Kier alpha value is -3.67. The van der Waals surface area contributed by atoms with E-state index in [1.54, 1.807) is 0 Å². The molecule has 6 nitrogen and oxygen atoms in total. The van der Waals surface area contributed by atoms with Crippen LogP contribution >= 0.6 is 0 Å². The lowest BCUT2D eigenvalue weighted by Crippen LogP contribution is -2.19. The zero-order valence-corrected chi connectivity index (χ0v) is 21.9. The Morgan fingerprint density at radius 2 is 1.83 bits per heavy atom. The Kier molecular flexibility index (Phi) is 10.2. The number of aryl methyl sites for hydroxylation is 1. The third-order valence-corrected chi connectivity index (χ3v) is 6.34. The van der Waals surface area contributed by atoms with Crippen LogP contribution in [0.1, 0.15) is 65.9 Å². The first-order valence-electron chi connectivity index (χ1n) is 12.2. The maximum absolute atomic E-state index is 12.5. The lowest BCUT2D eigenvalue weighted by atomic mass is 9.72. The number of allylic oxidation sites excluding steroid dienone is 9. The summed E-state index contributed by atoms with van der Waals surface area (Å²) < 4.78 is 0. The molecule has 1 aromatic rings. The van der Waals surface area contributed by atoms with E-state index in [0.29, 0.717) is 11.3 Å². The predicted molar refractivity (Wildman–Crippen MR) is 144 cm³/mol. The predicted octanol–water partition coefficient (Wildman–Crippen LogP) is 6.45. The molecule has 1 aromatic carbocycles. The second kappa shape index (κ2) is 12.9. The fraction of sp³-hybridized carbons (Fsp3) is 0.367. The Labute approximate surface area is 213 Å². The Bertz CT molecular complexity index is 1160. The molecule has 0 aliphatic heterocycles. The van der Waals surface area contributed by atoms with Crippen LogP contribution in [0.2, 0.25) is 0 Å². The van der Waals surface area contributed by atoms with E-state index in [0.717, 1.165) is 17.6 Å². The first kappa shape index (κ1) is 28.6. The van der Waals surface area contributed by atoms with Crippen molar-refractivity contribution in [2.45, 2.75) is 66.7 Å². The van der Waals surface area contributed by atoms with Crippen molar-refractivity contribution in [1.82, 2.24) is 0 Å². The number of aromatic hydroxyl groups is 1. The van der Waals surface area contributed by atoms with E-state index in [-0.39, 0.29) is 29.9 Å². The van der Waals surface area contributed by atoms with Crippen molar-refractivity contribution >= 4 is 23.3 Å². The molecule has 1 aliphatic rings. The normalized spacial score (nSPS) is 16.6. The Morgan fingerprint density at radius 3 is 2.50 bits per heavy atom. The molecule has 0 bridgehead atoms. The van der Waals surface area contributed by atoms with Crippen molar-refractivity contribution in [3.05, 3.63) is 82.5 Å². The van der Waals surface area contributed by atoms with E-state index in [1.165, 1.54) is 48.3 Å². The molecule has 36 heavy (non-hydrogen) atoms. The van der Waals surface area contributed by atoms with Crippen molar-refractivity contribution < 1.29 is 24.6 Å². The summed E-state index contributed by atoms with van der Waals surface area (Å²) in [5.74, 6) is -2.83. The van der Waals surface area contributed by atoms with Crippen LogP contribution in [0.25, 0.3) is 0 Å². The number of benzene rings is 1. The zero-order chi connectivity index (χ0) is 26.9. The van der Waals surface area contributed by atoms with Gasteiger partial charge in [-0.2, -0.15) is 0 Å². The summed E-state index contributed by atoms with van der Waals surface area (Å²) in [7, 11) is 0. The minimum Gasteiger partial charge on any atom is -0.508 e. The minimum atomic E-state index is -1.50. The molecule has 192 valence electrons. The number of hydrogen-bond donors (Lipinski definition) is 3. The molecule has 2 rings (SSSR count). The number of carbonyl (C=O) groups excluding carboxylic acids is 2. The number of amides is 1. The largest absolute Gasteiger partial charge is 0.508 e. The maximum Gasteiger partial charge on any atom is 0.372 e. The van der Waals surface area contributed by atoms with Gasteiger partial charge in [0.05, 0.1) is 0 Å². The van der Waals surface area contributed by atoms with Gasteiger partial charge >= 0.3 is 5.97 Å². The fourth-order valence-electron chi connectivity index (χ4n) is 4.32. The first-order valence-corrected chi connectivity index (χ1v) is 12.2. The summed E-state index contributed by atoms with van der Waals surface area (Å²) in [5, 5.41) is 21.2. The topological polar surface area (TPSA) is 104 Å². The molecular formula is C30H37NO5. The van der Waals surface area contributed by atoms with Gasteiger partial charge in [-0.15, -0.1) is 0 Å². The highest BCUT2D eigenvalue weighted by Gasteiger charge is 2.26. The number of Topliss-reactive ketones (excluding diaryl/α,β-unsaturated/α-hetero) is 1. The van der Waals surface area contributed by atoms with E-state index in [2.05, 4.69) is 38.2 Å². The molecule has 6 heteroatoms. The van der Waals surface area contributed by atoms with Crippen LogP contribution in [0.3, 0.4) is 0 Å². The molecule has 0 saturated carbocycles. The molecule has 0 fully saturated rings. The number of nitrogens with one attached hydrogen (secondary N) is 1. The number of carbonyl (C=O) groups is 3. The fourth-order valence-corrected chi connectivity index (χ4v) is 4.32. The third-order valence-electron chi connectivity index (χ3n) is 6.34. The second-order valence-electron chi connectivity index (χ2n) is 9.98. The zero-order valence-electron chi connectivity index (χ0n) is 21.9. The van der Waals surface area contributed by atoms with Gasteiger partial charge in [0.2, 0.25) is 11.7 Å². The van der Waals surface area contributed by atoms with Gasteiger partial charge in [-0.25, -0.2) is 4.79 Å². The maximum atomic E-state index is 12.5. The SMILES string of the molecule is CC1=C(/C=C/C(C)=C/C=C/C(C)=C/C(=O)Nc2ccc(O)cc2CCC(=O)C(=O)O)C(C)(C)CCC1. The van der Waals surface area contributed by atoms with Gasteiger partial charge in [-0.05, 0) is 86.8 Å². The smallest absolute Gasteiger partial charge is 0.372 e. The number of ketones is 1. The molecule has 0 radical (unpaired) electrons. The molecule has 0 spiro atoms. The van der Waals surface area contributed by atoms with Gasteiger partial charge in [0.15, 0.2) is 0 Å². The number of rotatable bonds is 10. The molecule has 0 atom stereocenters. The van der Waals surface area contributed by atoms with Gasteiger partial charge in [-0.1, -0.05) is 55.4 Å².